The maximum atomic E-state index is 14.2. The highest BCUT2D eigenvalue weighted by atomic mass is 19.1. The Morgan fingerprint density at radius 1 is 0.949 bits per heavy atom. The number of aromatic nitrogens is 4. The summed E-state index contributed by atoms with van der Waals surface area (Å²) in [7, 11) is 0. The van der Waals surface area contributed by atoms with E-state index in [4.69, 9.17) is 9.72 Å². The second-order valence-electron chi connectivity index (χ2n) is 9.17. The van der Waals surface area contributed by atoms with E-state index in [-0.39, 0.29) is 17.6 Å². The molecule has 5 aromatic rings. The zero-order valence-electron chi connectivity index (χ0n) is 20.8. The van der Waals surface area contributed by atoms with Gasteiger partial charge < -0.3 is 15.4 Å². The van der Waals surface area contributed by atoms with Crippen LogP contribution in [0, 0.1) is 11.6 Å². The minimum atomic E-state index is -0.595. The maximum Gasteiger partial charge on any atom is 0.258 e. The van der Waals surface area contributed by atoms with Gasteiger partial charge in [-0.2, -0.15) is 0 Å². The average molecular weight is 527 g/mol. The van der Waals surface area contributed by atoms with E-state index in [1.165, 1.54) is 36.7 Å². The SMILES string of the molecule is O=C(Nc1cccc(-c2nc3c(Nc4ccc(F)cc4)ncnc3n2C2CCCCO2)c1)c1ccccc1F. The minimum Gasteiger partial charge on any atom is -0.358 e. The molecule has 1 saturated heterocycles. The van der Waals surface area contributed by atoms with Crippen LogP contribution in [0.3, 0.4) is 0 Å². The molecule has 0 saturated carbocycles. The number of hydrogen-bond acceptors (Lipinski definition) is 6. The lowest BCUT2D eigenvalue weighted by Gasteiger charge is -2.25. The van der Waals surface area contributed by atoms with Crippen LogP contribution >= 0.6 is 0 Å². The summed E-state index contributed by atoms with van der Waals surface area (Å²) in [6.45, 7) is 0.619. The molecular formula is C29H24F2N6O2. The number of halogens is 2. The summed E-state index contributed by atoms with van der Waals surface area (Å²) in [5.74, 6) is -0.433. The summed E-state index contributed by atoms with van der Waals surface area (Å²) in [6.07, 6.45) is 3.91. The second kappa shape index (κ2) is 10.6. The van der Waals surface area contributed by atoms with E-state index in [0.717, 1.165) is 19.3 Å². The molecule has 39 heavy (non-hydrogen) atoms. The van der Waals surface area contributed by atoms with E-state index in [1.54, 1.807) is 36.4 Å². The second-order valence-corrected chi connectivity index (χ2v) is 9.17. The highest BCUT2D eigenvalue weighted by Crippen LogP contribution is 2.35. The Morgan fingerprint density at radius 2 is 1.79 bits per heavy atom. The molecule has 0 spiro atoms. The third kappa shape index (κ3) is 5.06. The number of carbonyl (C=O) groups is 1. The van der Waals surface area contributed by atoms with Crippen LogP contribution in [0.4, 0.5) is 26.0 Å². The molecule has 2 aromatic heterocycles. The zero-order valence-corrected chi connectivity index (χ0v) is 20.8. The van der Waals surface area contributed by atoms with Crippen molar-refractivity contribution in [2.75, 3.05) is 17.2 Å². The van der Waals surface area contributed by atoms with Crippen LogP contribution in [0.15, 0.2) is 79.1 Å². The molecule has 8 nitrogen and oxygen atoms in total. The molecule has 1 aliphatic heterocycles. The number of hydrogen-bond donors (Lipinski definition) is 2. The molecule has 3 aromatic carbocycles. The predicted octanol–water partition coefficient (Wildman–Crippen LogP) is 6.47. The fourth-order valence-corrected chi connectivity index (χ4v) is 4.65. The fraction of sp³-hybridized carbons (Fsp3) is 0.172. The summed E-state index contributed by atoms with van der Waals surface area (Å²) >= 11 is 0. The van der Waals surface area contributed by atoms with Crippen LogP contribution in [0.5, 0.6) is 0 Å². The van der Waals surface area contributed by atoms with Crippen molar-refractivity contribution >= 4 is 34.3 Å². The van der Waals surface area contributed by atoms with Gasteiger partial charge in [0.05, 0.1) is 5.56 Å². The highest BCUT2D eigenvalue weighted by molar-refractivity contribution is 6.04. The van der Waals surface area contributed by atoms with Gasteiger partial charge >= 0.3 is 0 Å². The third-order valence-electron chi connectivity index (χ3n) is 6.52. The van der Waals surface area contributed by atoms with Crippen molar-refractivity contribution in [1.29, 1.82) is 0 Å². The number of amides is 1. The quantitative estimate of drug-likeness (QED) is 0.264. The lowest BCUT2D eigenvalue weighted by atomic mass is 10.1. The number of carbonyl (C=O) groups excluding carboxylic acids is 1. The Balaban J connectivity index is 1.41. The van der Waals surface area contributed by atoms with Gasteiger partial charge in [0.25, 0.3) is 5.91 Å². The van der Waals surface area contributed by atoms with E-state index in [2.05, 4.69) is 20.6 Å². The van der Waals surface area contributed by atoms with Gasteiger partial charge in [-0.3, -0.25) is 9.36 Å². The van der Waals surface area contributed by atoms with Crippen LogP contribution in [0.1, 0.15) is 35.8 Å². The Kier molecular flexibility index (Phi) is 6.68. The van der Waals surface area contributed by atoms with Crippen molar-refractivity contribution in [3.8, 4) is 11.4 Å². The smallest absolute Gasteiger partial charge is 0.258 e. The molecular weight excluding hydrogens is 502 g/mol. The Bertz CT molecular complexity index is 1650. The summed E-state index contributed by atoms with van der Waals surface area (Å²) in [5.41, 5.74) is 2.90. The standard InChI is InChI=1S/C29H24F2N6O2/c30-19-11-13-20(14-12-19)34-26-25-28(33-17-32-26)37(24-10-3-4-15-39-24)27(36-25)18-6-5-7-21(16-18)35-29(38)22-8-1-2-9-23(22)31/h1-2,5-9,11-14,16-17,24H,3-4,10,15H2,(H,35,38)(H,32,33,34). The number of ether oxygens (including phenoxy) is 1. The topological polar surface area (TPSA) is 94.0 Å². The lowest BCUT2D eigenvalue weighted by molar-refractivity contribution is -0.0287. The van der Waals surface area contributed by atoms with Gasteiger partial charge in [-0.1, -0.05) is 24.3 Å². The number of anilines is 3. The summed E-state index contributed by atoms with van der Waals surface area (Å²) in [6, 6.07) is 19.0. The van der Waals surface area contributed by atoms with Crippen LogP contribution in [0.2, 0.25) is 0 Å². The van der Waals surface area contributed by atoms with Crippen molar-refractivity contribution in [3.05, 3.63) is 96.3 Å². The Hall–Kier alpha value is -4.70. The highest BCUT2D eigenvalue weighted by Gasteiger charge is 2.26. The van der Waals surface area contributed by atoms with Crippen molar-refractivity contribution < 1.29 is 18.3 Å². The Labute approximate surface area is 222 Å². The van der Waals surface area contributed by atoms with Gasteiger partial charge in [0.15, 0.2) is 17.0 Å². The third-order valence-corrected chi connectivity index (χ3v) is 6.52. The Morgan fingerprint density at radius 3 is 2.59 bits per heavy atom. The molecule has 1 fully saturated rings. The van der Waals surface area contributed by atoms with E-state index in [9.17, 15) is 13.6 Å². The summed E-state index contributed by atoms with van der Waals surface area (Å²) in [5, 5.41) is 5.98. The molecule has 1 atom stereocenters. The molecule has 0 aliphatic carbocycles. The van der Waals surface area contributed by atoms with Gasteiger partial charge in [-0.25, -0.2) is 23.7 Å². The van der Waals surface area contributed by atoms with Crippen LogP contribution < -0.4 is 10.6 Å². The van der Waals surface area contributed by atoms with E-state index in [0.29, 0.717) is 46.4 Å². The minimum absolute atomic E-state index is 0.0440. The van der Waals surface area contributed by atoms with Gasteiger partial charge in [0, 0.05) is 23.5 Å². The largest absolute Gasteiger partial charge is 0.358 e. The fourth-order valence-electron chi connectivity index (χ4n) is 4.65. The summed E-state index contributed by atoms with van der Waals surface area (Å²) in [4.78, 5) is 26.6. The first-order valence-electron chi connectivity index (χ1n) is 12.6. The van der Waals surface area contributed by atoms with Gasteiger partial charge in [0.2, 0.25) is 0 Å². The first-order chi connectivity index (χ1) is 19.1. The van der Waals surface area contributed by atoms with Crippen molar-refractivity contribution in [3.63, 3.8) is 0 Å². The number of fused-ring (bicyclic) bond motifs is 1. The van der Waals surface area contributed by atoms with E-state index >= 15 is 0 Å². The van der Waals surface area contributed by atoms with Crippen molar-refractivity contribution in [1.82, 2.24) is 19.5 Å². The number of rotatable bonds is 6. The molecule has 196 valence electrons. The number of nitrogens with zero attached hydrogens (tertiary/aromatic N) is 4. The van der Waals surface area contributed by atoms with Gasteiger partial charge in [-0.15, -0.1) is 0 Å². The van der Waals surface area contributed by atoms with Crippen LogP contribution in [-0.2, 0) is 4.74 Å². The molecule has 0 radical (unpaired) electrons. The van der Waals surface area contributed by atoms with Gasteiger partial charge in [-0.05, 0) is 67.8 Å². The monoisotopic (exact) mass is 526 g/mol. The van der Waals surface area contributed by atoms with Gasteiger partial charge in [0.1, 0.15) is 30.0 Å². The molecule has 3 heterocycles. The average Bonchev–Trinajstić information content (AvgIpc) is 3.36. The number of benzene rings is 3. The molecule has 6 rings (SSSR count). The van der Waals surface area contributed by atoms with Crippen LogP contribution in [0.25, 0.3) is 22.6 Å². The molecule has 1 amide bonds. The van der Waals surface area contributed by atoms with E-state index in [1.807, 2.05) is 10.6 Å². The lowest BCUT2D eigenvalue weighted by Crippen LogP contribution is -2.19. The maximum absolute atomic E-state index is 14.2. The molecule has 1 aliphatic rings. The zero-order chi connectivity index (χ0) is 26.8. The normalized spacial score (nSPS) is 15.3. The van der Waals surface area contributed by atoms with Crippen molar-refractivity contribution in [2.45, 2.75) is 25.5 Å². The van der Waals surface area contributed by atoms with E-state index < -0.39 is 11.7 Å². The summed E-state index contributed by atoms with van der Waals surface area (Å²) < 4.78 is 35.6. The molecule has 2 N–H and O–H groups in total. The first kappa shape index (κ1) is 24.6. The van der Waals surface area contributed by atoms with Crippen molar-refractivity contribution in [2.24, 2.45) is 0 Å². The number of imidazole rings is 1. The first-order valence-corrected chi connectivity index (χ1v) is 12.6. The predicted molar refractivity (Wildman–Crippen MR) is 144 cm³/mol. The molecule has 0 bridgehead atoms. The number of nitrogens with one attached hydrogen (secondary N) is 2. The van der Waals surface area contributed by atoms with Crippen LogP contribution in [-0.4, -0.2) is 32.0 Å². The molecule has 10 heteroatoms. The molecule has 1 unspecified atom stereocenters.